The molecule has 0 aliphatic carbocycles. The molecule has 2 aromatic heterocycles. The fourth-order valence-corrected chi connectivity index (χ4v) is 6.89. The second-order valence-corrected chi connectivity index (χ2v) is 12.6. The molecule has 0 saturated carbocycles. The van der Waals surface area contributed by atoms with E-state index in [-0.39, 0.29) is 36.4 Å². The lowest BCUT2D eigenvalue weighted by Crippen LogP contribution is -2.49. The minimum absolute atomic E-state index is 0.0839. The highest BCUT2D eigenvalue weighted by molar-refractivity contribution is 7.09. The van der Waals surface area contributed by atoms with Crippen LogP contribution in [0.25, 0.3) is 11.3 Å². The molecule has 4 aromatic rings. The molecule has 248 valence electrons. The zero-order chi connectivity index (χ0) is 33.5. The smallest absolute Gasteiger partial charge is 0.450 e. The van der Waals surface area contributed by atoms with Crippen molar-refractivity contribution < 1.29 is 40.3 Å². The van der Waals surface area contributed by atoms with Crippen molar-refractivity contribution in [1.82, 2.24) is 14.8 Å². The number of nitrogens with zero attached hydrogens (tertiary/aromatic N) is 4. The maximum atomic E-state index is 13.8. The Morgan fingerprint density at radius 3 is 2.13 bits per heavy atom. The summed E-state index contributed by atoms with van der Waals surface area (Å²) in [7, 11) is 0. The van der Waals surface area contributed by atoms with Crippen molar-refractivity contribution in [3.63, 3.8) is 0 Å². The van der Waals surface area contributed by atoms with Gasteiger partial charge < -0.3 is 19.1 Å². The SMILES string of the molecule is O=C(c1csc(C2CCN(C(=O)c3cc(-c4ccc(Cl)cc4)oc3C(F)(F)F)CC2)n1)N1CCN(c2cccc(C(F)(F)F)c2)CC1. The molecule has 2 aromatic carbocycles. The van der Waals surface area contributed by atoms with Gasteiger partial charge in [-0.2, -0.15) is 26.3 Å². The van der Waals surface area contributed by atoms with Gasteiger partial charge in [-0.25, -0.2) is 4.98 Å². The number of benzene rings is 2. The zero-order valence-corrected chi connectivity index (χ0v) is 26.1. The van der Waals surface area contributed by atoms with Crippen LogP contribution in [0, 0.1) is 0 Å². The van der Waals surface area contributed by atoms with Crippen molar-refractivity contribution in [2.45, 2.75) is 31.1 Å². The summed E-state index contributed by atoms with van der Waals surface area (Å²) in [5.74, 6) is -2.59. The molecule has 0 radical (unpaired) electrons. The predicted octanol–water partition coefficient (Wildman–Crippen LogP) is 8.08. The number of alkyl halides is 6. The fourth-order valence-electron chi connectivity index (χ4n) is 5.80. The highest BCUT2D eigenvalue weighted by atomic mass is 35.5. The molecular formula is C32H27ClF6N4O3S. The Balaban J connectivity index is 1.06. The summed E-state index contributed by atoms with van der Waals surface area (Å²) in [6.45, 7) is 1.76. The molecule has 0 spiro atoms. The molecular weight excluding hydrogens is 670 g/mol. The lowest BCUT2D eigenvalue weighted by molar-refractivity contribution is -0.153. The number of carbonyl (C=O) groups is 2. The summed E-state index contributed by atoms with van der Waals surface area (Å²) >= 11 is 7.20. The number of thiazole rings is 1. The summed E-state index contributed by atoms with van der Waals surface area (Å²) in [6, 6.07) is 12.3. The van der Waals surface area contributed by atoms with E-state index >= 15 is 0 Å². The molecule has 0 unspecified atom stereocenters. The maximum Gasteiger partial charge on any atom is 0.450 e. The van der Waals surface area contributed by atoms with E-state index in [9.17, 15) is 35.9 Å². The first-order valence-electron chi connectivity index (χ1n) is 14.7. The van der Waals surface area contributed by atoms with Gasteiger partial charge in [0.15, 0.2) is 0 Å². The van der Waals surface area contributed by atoms with E-state index < -0.39 is 35.1 Å². The number of halogens is 7. The summed E-state index contributed by atoms with van der Waals surface area (Å²) in [4.78, 5) is 35.8. The Bertz CT molecular complexity index is 1760. The molecule has 0 atom stereocenters. The Labute approximate surface area is 274 Å². The lowest BCUT2D eigenvalue weighted by Gasteiger charge is -2.36. The second kappa shape index (κ2) is 12.9. The van der Waals surface area contributed by atoms with Crippen molar-refractivity contribution in [3.05, 3.63) is 92.6 Å². The fraction of sp³-hybridized carbons (Fsp3) is 0.344. The third-order valence-electron chi connectivity index (χ3n) is 8.33. The number of carbonyl (C=O) groups excluding carboxylic acids is 2. The largest absolute Gasteiger partial charge is 0.451 e. The van der Waals surface area contributed by atoms with E-state index in [4.69, 9.17) is 16.0 Å². The average molecular weight is 697 g/mol. The number of likely N-dealkylation sites (tertiary alicyclic amines) is 1. The Hall–Kier alpha value is -4.04. The second-order valence-electron chi connectivity index (χ2n) is 11.3. The number of rotatable bonds is 5. The predicted molar refractivity (Wildman–Crippen MR) is 164 cm³/mol. The minimum atomic E-state index is -4.87. The monoisotopic (exact) mass is 696 g/mol. The normalized spacial score (nSPS) is 16.5. The first kappa shape index (κ1) is 32.9. The van der Waals surface area contributed by atoms with Crippen LogP contribution in [-0.4, -0.2) is 65.9 Å². The third-order valence-corrected chi connectivity index (χ3v) is 9.59. The van der Waals surface area contributed by atoms with E-state index in [2.05, 4.69) is 4.98 Å². The summed E-state index contributed by atoms with van der Waals surface area (Å²) in [5, 5.41) is 2.77. The van der Waals surface area contributed by atoms with Crippen molar-refractivity contribution in [1.29, 1.82) is 0 Å². The number of piperidine rings is 1. The van der Waals surface area contributed by atoms with Crippen molar-refractivity contribution in [2.75, 3.05) is 44.2 Å². The van der Waals surface area contributed by atoms with Crippen LogP contribution in [0.15, 0.2) is 64.4 Å². The summed E-state index contributed by atoms with van der Waals surface area (Å²) < 4.78 is 86.0. The van der Waals surface area contributed by atoms with Crippen LogP contribution in [0.3, 0.4) is 0 Å². The van der Waals surface area contributed by atoms with Crippen LogP contribution < -0.4 is 4.90 Å². The Kier molecular flexibility index (Phi) is 9.00. The van der Waals surface area contributed by atoms with Gasteiger partial charge in [0.05, 0.1) is 16.1 Å². The van der Waals surface area contributed by atoms with Gasteiger partial charge in [-0.3, -0.25) is 9.59 Å². The third kappa shape index (κ3) is 7.13. The molecule has 4 heterocycles. The van der Waals surface area contributed by atoms with Gasteiger partial charge in [0, 0.05) is 66.8 Å². The summed E-state index contributed by atoms with van der Waals surface area (Å²) in [6.07, 6.45) is -8.42. The van der Waals surface area contributed by atoms with Gasteiger partial charge in [0.25, 0.3) is 11.8 Å². The molecule has 2 aliphatic rings. The summed E-state index contributed by atoms with van der Waals surface area (Å²) in [5.41, 5.74) is -0.230. The van der Waals surface area contributed by atoms with Crippen molar-refractivity contribution in [2.24, 2.45) is 0 Å². The van der Waals surface area contributed by atoms with Gasteiger partial charge in [-0.15, -0.1) is 11.3 Å². The number of piperazine rings is 1. The lowest BCUT2D eigenvalue weighted by atomic mass is 9.97. The molecule has 2 fully saturated rings. The number of hydrogen-bond acceptors (Lipinski definition) is 6. The number of aromatic nitrogens is 1. The average Bonchev–Trinajstić information content (AvgIpc) is 3.73. The van der Waals surface area contributed by atoms with Gasteiger partial charge in [-0.1, -0.05) is 17.7 Å². The van der Waals surface area contributed by atoms with Crippen LogP contribution in [-0.2, 0) is 12.4 Å². The van der Waals surface area contributed by atoms with Crippen LogP contribution in [0.1, 0.15) is 55.9 Å². The standard InChI is InChI=1S/C32H27ClF6N4O3S/c33-22-6-4-19(5-7-22)26-17-24(27(46-26)32(37,38)39)29(44)42-10-8-20(9-11-42)28-40-25(18-47-28)30(45)43-14-12-41(13-15-43)23-3-1-2-21(16-23)31(34,35)36/h1-7,16-18,20H,8-15H2. The molecule has 0 N–H and O–H groups in total. The van der Waals surface area contributed by atoms with E-state index in [1.165, 1.54) is 46.6 Å². The van der Waals surface area contributed by atoms with Gasteiger partial charge in [-0.05, 0) is 61.4 Å². The number of anilines is 1. The quantitative estimate of drug-likeness (QED) is 0.198. The number of furan rings is 1. The van der Waals surface area contributed by atoms with Gasteiger partial charge in [0.2, 0.25) is 5.76 Å². The van der Waals surface area contributed by atoms with Gasteiger partial charge in [0.1, 0.15) is 11.5 Å². The minimum Gasteiger partial charge on any atom is -0.451 e. The van der Waals surface area contributed by atoms with E-state index in [1.807, 2.05) is 0 Å². The highest BCUT2D eigenvalue weighted by Gasteiger charge is 2.42. The maximum absolute atomic E-state index is 13.8. The highest BCUT2D eigenvalue weighted by Crippen LogP contribution is 2.39. The first-order valence-corrected chi connectivity index (χ1v) is 16.0. The van der Waals surface area contributed by atoms with Crippen molar-refractivity contribution >= 4 is 40.4 Å². The molecule has 2 aliphatic heterocycles. The van der Waals surface area contributed by atoms with Gasteiger partial charge >= 0.3 is 12.4 Å². The molecule has 7 nitrogen and oxygen atoms in total. The van der Waals surface area contributed by atoms with Crippen molar-refractivity contribution in [3.8, 4) is 11.3 Å². The molecule has 6 rings (SSSR count). The molecule has 2 amide bonds. The molecule has 47 heavy (non-hydrogen) atoms. The number of hydrogen-bond donors (Lipinski definition) is 0. The molecule has 0 bridgehead atoms. The van der Waals surface area contributed by atoms with E-state index in [1.54, 1.807) is 21.2 Å². The van der Waals surface area contributed by atoms with Crippen LogP contribution in [0.4, 0.5) is 32.0 Å². The zero-order valence-electron chi connectivity index (χ0n) is 24.6. The molecule has 2 saturated heterocycles. The Morgan fingerprint density at radius 1 is 0.830 bits per heavy atom. The van der Waals surface area contributed by atoms with Crippen LogP contribution in [0.5, 0.6) is 0 Å². The van der Waals surface area contributed by atoms with E-state index in [0.29, 0.717) is 60.3 Å². The van der Waals surface area contributed by atoms with Crippen LogP contribution >= 0.6 is 22.9 Å². The van der Waals surface area contributed by atoms with Crippen LogP contribution in [0.2, 0.25) is 5.02 Å². The van der Waals surface area contributed by atoms with E-state index in [0.717, 1.165) is 18.2 Å². The molecule has 15 heteroatoms. The topological polar surface area (TPSA) is 69.9 Å². The first-order chi connectivity index (χ1) is 22.3. The number of amides is 2. The Morgan fingerprint density at radius 2 is 1.49 bits per heavy atom.